The topological polar surface area (TPSA) is 71.9 Å². The highest BCUT2D eigenvalue weighted by Gasteiger charge is 2.41. The molecule has 0 N–H and O–H groups in total. The molecule has 3 saturated heterocycles. The summed E-state index contributed by atoms with van der Waals surface area (Å²) in [7, 11) is 1.62. The lowest BCUT2D eigenvalue weighted by atomic mass is 9.94. The van der Waals surface area contributed by atoms with Crippen molar-refractivity contribution >= 4 is 11.8 Å². The van der Waals surface area contributed by atoms with E-state index in [1.54, 1.807) is 28.8 Å². The van der Waals surface area contributed by atoms with E-state index in [0.29, 0.717) is 38.3 Å². The smallest absolute Gasteiger partial charge is 0.254 e. The summed E-state index contributed by atoms with van der Waals surface area (Å²) in [6.07, 6.45) is 3.37. The average Bonchev–Trinajstić information content (AvgIpc) is 2.90. The minimum absolute atomic E-state index is 0.0290. The van der Waals surface area contributed by atoms with Crippen LogP contribution in [-0.4, -0.2) is 65.6 Å². The van der Waals surface area contributed by atoms with Crippen LogP contribution in [0.3, 0.4) is 0 Å². The number of carbonyl (C=O) groups excluding carboxylic acids is 2. The lowest BCUT2D eigenvalue weighted by Gasteiger charge is -2.35. The van der Waals surface area contributed by atoms with Gasteiger partial charge in [0.25, 0.3) is 11.5 Å². The Morgan fingerprint density at radius 3 is 2.76 bits per heavy atom. The normalized spacial score (nSPS) is 23.0. The maximum absolute atomic E-state index is 12.9. The van der Waals surface area contributed by atoms with Crippen LogP contribution in [0, 0.1) is 5.92 Å². The van der Waals surface area contributed by atoms with Crippen molar-refractivity contribution in [3.05, 3.63) is 34.2 Å². The number of aryl methyl sites for hydroxylation is 1. The summed E-state index contributed by atoms with van der Waals surface area (Å²) in [5.41, 5.74) is 0.218. The zero-order valence-corrected chi connectivity index (χ0v) is 14.8. The zero-order valence-electron chi connectivity index (χ0n) is 14.8. The second kappa shape index (κ2) is 7.39. The molecule has 2 bridgehead atoms. The molecular weight excluding hydrogens is 322 g/mol. The highest BCUT2D eigenvalue weighted by atomic mass is 16.5. The molecule has 3 aliphatic rings. The average molecular weight is 347 g/mol. The third kappa shape index (κ3) is 3.46. The summed E-state index contributed by atoms with van der Waals surface area (Å²) in [4.78, 5) is 41.1. The predicted molar refractivity (Wildman–Crippen MR) is 92.4 cm³/mol. The minimum Gasteiger partial charge on any atom is -0.383 e. The quantitative estimate of drug-likeness (QED) is 0.781. The Hall–Kier alpha value is -2.15. The van der Waals surface area contributed by atoms with Crippen LogP contribution < -0.4 is 5.56 Å². The van der Waals surface area contributed by atoms with Crippen LogP contribution in [0.15, 0.2) is 23.1 Å². The third-order valence-electron chi connectivity index (χ3n) is 5.20. The fourth-order valence-corrected chi connectivity index (χ4v) is 3.77. The Balaban J connectivity index is 1.80. The summed E-state index contributed by atoms with van der Waals surface area (Å²) < 4.78 is 6.66. The molecule has 25 heavy (non-hydrogen) atoms. The molecule has 136 valence electrons. The molecular formula is C18H25N3O4. The van der Waals surface area contributed by atoms with Gasteiger partial charge in [-0.25, -0.2) is 0 Å². The summed E-state index contributed by atoms with van der Waals surface area (Å²) in [6.45, 7) is 4.46. The van der Waals surface area contributed by atoms with Crippen LogP contribution in [0.2, 0.25) is 0 Å². The number of amides is 2. The van der Waals surface area contributed by atoms with Gasteiger partial charge in [0.1, 0.15) is 0 Å². The number of hydrogen-bond acceptors (Lipinski definition) is 4. The number of methoxy groups -OCH3 is 1. The van der Waals surface area contributed by atoms with E-state index in [2.05, 4.69) is 0 Å². The van der Waals surface area contributed by atoms with Crippen LogP contribution in [0.5, 0.6) is 0 Å². The van der Waals surface area contributed by atoms with Gasteiger partial charge in [0.05, 0.1) is 12.5 Å². The zero-order chi connectivity index (χ0) is 18.0. The summed E-state index contributed by atoms with van der Waals surface area (Å²) in [6, 6.07) is 3.11. The highest BCUT2D eigenvalue weighted by Crippen LogP contribution is 2.29. The summed E-state index contributed by atoms with van der Waals surface area (Å²) in [5.74, 6) is -0.209. The standard InChI is InChI=1S/C18H25N3O4/c1-3-19-7-6-13(10-16(19)22)17(23)20-11-14-4-5-15(12-20)21(18(14)24)8-9-25-2/h6-7,10,14-15H,3-5,8-9,11-12H2,1-2H3/t14-,15+/m1/s1. The van der Waals surface area contributed by atoms with Crippen molar-refractivity contribution < 1.29 is 14.3 Å². The number of carbonyl (C=O) groups is 2. The number of nitrogens with zero attached hydrogens (tertiary/aromatic N) is 3. The Labute approximate surface area is 147 Å². The molecule has 0 aromatic carbocycles. The largest absolute Gasteiger partial charge is 0.383 e. The van der Waals surface area contributed by atoms with E-state index in [4.69, 9.17) is 4.74 Å². The predicted octanol–water partition coefficient (Wildman–Crippen LogP) is 0.578. The van der Waals surface area contributed by atoms with Gasteiger partial charge >= 0.3 is 0 Å². The number of aromatic nitrogens is 1. The third-order valence-corrected chi connectivity index (χ3v) is 5.20. The number of fused-ring (bicyclic) bond motifs is 4. The van der Waals surface area contributed by atoms with Crippen LogP contribution in [0.1, 0.15) is 30.1 Å². The van der Waals surface area contributed by atoms with E-state index in [9.17, 15) is 14.4 Å². The maximum Gasteiger partial charge on any atom is 0.254 e. The van der Waals surface area contributed by atoms with Crippen LogP contribution in [0.4, 0.5) is 0 Å². The lowest BCUT2D eigenvalue weighted by Crippen LogP contribution is -2.49. The molecule has 3 fully saturated rings. The monoisotopic (exact) mass is 347 g/mol. The first-order valence-corrected chi connectivity index (χ1v) is 8.84. The molecule has 4 rings (SSSR count). The van der Waals surface area contributed by atoms with Crippen molar-refractivity contribution in [2.24, 2.45) is 5.92 Å². The van der Waals surface area contributed by atoms with E-state index >= 15 is 0 Å². The Kier molecular flexibility index (Phi) is 5.22. The Bertz CT molecular complexity index is 715. The van der Waals surface area contributed by atoms with Crippen molar-refractivity contribution in [1.82, 2.24) is 14.4 Å². The van der Waals surface area contributed by atoms with Gasteiger partial charge in [0, 0.05) is 57.2 Å². The van der Waals surface area contributed by atoms with Crippen molar-refractivity contribution in [3.63, 3.8) is 0 Å². The second-order valence-corrected chi connectivity index (χ2v) is 6.70. The second-order valence-electron chi connectivity index (χ2n) is 6.70. The van der Waals surface area contributed by atoms with Crippen molar-refractivity contribution in [2.75, 3.05) is 33.4 Å². The molecule has 2 atom stereocenters. The SMILES string of the molecule is CCn1ccc(C(=O)N2C[C@H]3CC[C@@H](C2)N(CCOC)C3=O)cc1=O. The van der Waals surface area contributed by atoms with Gasteiger partial charge in [0.2, 0.25) is 5.91 Å². The van der Waals surface area contributed by atoms with Gasteiger partial charge in [-0.15, -0.1) is 0 Å². The fourth-order valence-electron chi connectivity index (χ4n) is 3.77. The Morgan fingerprint density at radius 1 is 1.28 bits per heavy atom. The molecule has 0 aliphatic carbocycles. The van der Waals surface area contributed by atoms with E-state index in [0.717, 1.165) is 12.8 Å². The van der Waals surface area contributed by atoms with Crippen LogP contribution >= 0.6 is 0 Å². The first kappa shape index (κ1) is 17.7. The lowest BCUT2D eigenvalue weighted by molar-refractivity contribution is -0.140. The highest BCUT2D eigenvalue weighted by molar-refractivity contribution is 5.95. The molecule has 7 nitrogen and oxygen atoms in total. The molecule has 7 heteroatoms. The molecule has 2 amide bonds. The first-order chi connectivity index (χ1) is 12.0. The molecule has 0 radical (unpaired) electrons. The fraction of sp³-hybridized carbons (Fsp3) is 0.611. The molecule has 0 spiro atoms. The first-order valence-electron chi connectivity index (χ1n) is 8.84. The van der Waals surface area contributed by atoms with Gasteiger partial charge in [-0.05, 0) is 25.8 Å². The number of hydrogen-bond donors (Lipinski definition) is 0. The van der Waals surface area contributed by atoms with Crippen LogP contribution in [0.25, 0.3) is 0 Å². The van der Waals surface area contributed by atoms with Crippen molar-refractivity contribution in [3.8, 4) is 0 Å². The molecule has 0 unspecified atom stereocenters. The molecule has 0 saturated carbocycles. The molecule has 3 aliphatic heterocycles. The van der Waals surface area contributed by atoms with E-state index in [-0.39, 0.29) is 29.3 Å². The van der Waals surface area contributed by atoms with E-state index in [1.807, 2.05) is 11.8 Å². The summed E-state index contributed by atoms with van der Waals surface area (Å²) >= 11 is 0. The molecule has 1 aromatic heterocycles. The van der Waals surface area contributed by atoms with Crippen LogP contribution in [-0.2, 0) is 16.1 Å². The molecule has 4 heterocycles. The number of pyridine rings is 1. The number of ether oxygens (including phenoxy) is 1. The number of rotatable bonds is 5. The van der Waals surface area contributed by atoms with Gasteiger partial charge in [-0.3, -0.25) is 14.4 Å². The number of piperidine rings is 1. The van der Waals surface area contributed by atoms with E-state index < -0.39 is 0 Å². The maximum atomic E-state index is 12.9. The Morgan fingerprint density at radius 2 is 2.08 bits per heavy atom. The molecule has 1 aromatic rings. The van der Waals surface area contributed by atoms with Gasteiger partial charge in [0.15, 0.2) is 0 Å². The van der Waals surface area contributed by atoms with E-state index in [1.165, 1.54) is 6.07 Å². The summed E-state index contributed by atoms with van der Waals surface area (Å²) in [5, 5.41) is 0. The van der Waals surface area contributed by atoms with Gasteiger partial charge in [-0.2, -0.15) is 0 Å². The minimum atomic E-state index is -0.177. The van der Waals surface area contributed by atoms with Crippen molar-refractivity contribution in [1.29, 1.82) is 0 Å². The van der Waals surface area contributed by atoms with Gasteiger partial charge in [-0.1, -0.05) is 0 Å². The van der Waals surface area contributed by atoms with Gasteiger partial charge < -0.3 is 19.1 Å². The van der Waals surface area contributed by atoms with Crippen molar-refractivity contribution in [2.45, 2.75) is 32.4 Å².